The Kier molecular flexibility index (Phi) is 6.98. The van der Waals surface area contributed by atoms with E-state index >= 15 is 0 Å². The molecular formula is C9H18N2O3S. The van der Waals surface area contributed by atoms with Gasteiger partial charge in [0.2, 0.25) is 5.91 Å². The Hall–Kier alpha value is -0.880. The van der Waals surface area contributed by atoms with Crippen molar-refractivity contribution < 1.29 is 13.2 Å². The minimum Gasteiger partial charge on any atom is -0.354 e. The molecule has 0 aliphatic rings. The smallest absolute Gasteiger partial charge is 0.233 e. The highest BCUT2D eigenvalue weighted by Crippen LogP contribution is 1.86. The van der Waals surface area contributed by atoms with Crippen molar-refractivity contribution in [3.05, 3.63) is 12.7 Å². The van der Waals surface area contributed by atoms with Crippen molar-refractivity contribution in [1.82, 2.24) is 10.6 Å². The zero-order chi connectivity index (χ0) is 11.7. The van der Waals surface area contributed by atoms with Crippen LogP contribution in [0, 0.1) is 0 Å². The fourth-order valence-electron chi connectivity index (χ4n) is 0.841. The predicted octanol–water partition coefficient (Wildman–Crippen LogP) is -0.687. The van der Waals surface area contributed by atoms with Gasteiger partial charge in [0, 0.05) is 18.8 Å². The van der Waals surface area contributed by atoms with Crippen LogP contribution in [-0.4, -0.2) is 45.5 Å². The van der Waals surface area contributed by atoms with E-state index in [0.717, 1.165) is 0 Å². The highest BCUT2D eigenvalue weighted by atomic mass is 32.2. The second kappa shape index (κ2) is 7.42. The van der Waals surface area contributed by atoms with Gasteiger partial charge in [-0.3, -0.25) is 4.79 Å². The van der Waals surface area contributed by atoms with Gasteiger partial charge in [-0.2, -0.15) is 0 Å². The molecule has 0 fully saturated rings. The first-order valence-electron chi connectivity index (χ1n) is 4.80. The van der Waals surface area contributed by atoms with E-state index in [2.05, 4.69) is 17.2 Å². The number of sulfone groups is 1. The molecule has 0 spiro atoms. The van der Waals surface area contributed by atoms with Crippen LogP contribution in [0.5, 0.6) is 0 Å². The summed E-state index contributed by atoms with van der Waals surface area (Å²) >= 11 is 0. The summed E-state index contributed by atoms with van der Waals surface area (Å²) in [5.41, 5.74) is 0. The van der Waals surface area contributed by atoms with Crippen LogP contribution in [-0.2, 0) is 14.6 Å². The van der Waals surface area contributed by atoms with Crippen LogP contribution in [0.15, 0.2) is 12.7 Å². The maximum Gasteiger partial charge on any atom is 0.233 e. The Bertz CT molecular complexity index is 298. The van der Waals surface area contributed by atoms with Gasteiger partial charge in [-0.15, -0.1) is 6.58 Å². The molecule has 0 bridgehead atoms. The van der Waals surface area contributed by atoms with Crippen molar-refractivity contribution in [1.29, 1.82) is 0 Å². The molecule has 0 aliphatic carbocycles. The van der Waals surface area contributed by atoms with Gasteiger partial charge in [0.05, 0.1) is 12.3 Å². The molecule has 0 radical (unpaired) electrons. The van der Waals surface area contributed by atoms with Crippen LogP contribution in [0.3, 0.4) is 0 Å². The first-order chi connectivity index (χ1) is 7.02. The van der Waals surface area contributed by atoms with Crippen LogP contribution >= 0.6 is 0 Å². The van der Waals surface area contributed by atoms with Crippen LogP contribution in [0.25, 0.3) is 0 Å². The number of nitrogens with one attached hydrogen (secondary N) is 2. The Labute approximate surface area is 90.9 Å². The van der Waals surface area contributed by atoms with Crippen molar-refractivity contribution in [2.75, 3.05) is 31.1 Å². The maximum absolute atomic E-state index is 11.1. The number of rotatable bonds is 8. The van der Waals surface area contributed by atoms with E-state index in [9.17, 15) is 13.2 Å². The predicted molar refractivity (Wildman–Crippen MR) is 60.4 cm³/mol. The van der Waals surface area contributed by atoms with E-state index < -0.39 is 9.84 Å². The van der Waals surface area contributed by atoms with Gasteiger partial charge in [-0.05, 0) is 0 Å². The minimum atomic E-state index is -2.99. The largest absolute Gasteiger partial charge is 0.354 e. The lowest BCUT2D eigenvalue weighted by Crippen LogP contribution is -2.36. The van der Waals surface area contributed by atoms with E-state index in [1.165, 1.54) is 0 Å². The summed E-state index contributed by atoms with van der Waals surface area (Å²) in [5, 5.41) is 5.33. The molecular weight excluding hydrogens is 216 g/mol. The van der Waals surface area contributed by atoms with Crippen LogP contribution < -0.4 is 10.6 Å². The Morgan fingerprint density at radius 1 is 1.47 bits per heavy atom. The normalized spacial score (nSPS) is 11.0. The number of hydrogen-bond acceptors (Lipinski definition) is 4. The summed E-state index contributed by atoms with van der Waals surface area (Å²) in [6.45, 7) is 5.98. The van der Waals surface area contributed by atoms with Crippen molar-refractivity contribution in [2.24, 2.45) is 0 Å². The molecule has 1 amide bonds. The van der Waals surface area contributed by atoms with Crippen molar-refractivity contribution in [3.63, 3.8) is 0 Å². The molecule has 2 N–H and O–H groups in total. The first-order valence-corrected chi connectivity index (χ1v) is 6.62. The van der Waals surface area contributed by atoms with Gasteiger partial charge in [0.25, 0.3) is 0 Å². The second-order valence-electron chi connectivity index (χ2n) is 3.01. The van der Waals surface area contributed by atoms with Crippen molar-refractivity contribution >= 4 is 15.7 Å². The monoisotopic (exact) mass is 234 g/mol. The fraction of sp³-hybridized carbons (Fsp3) is 0.667. The summed E-state index contributed by atoms with van der Waals surface area (Å²) in [7, 11) is -2.99. The fourth-order valence-corrected chi connectivity index (χ4v) is 1.54. The van der Waals surface area contributed by atoms with Crippen molar-refractivity contribution in [3.8, 4) is 0 Å². The second-order valence-corrected chi connectivity index (χ2v) is 5.48. The zero-order valence-electron chi connectivity index (χ0n) is 8.95. The Balaban J connectivity index is 3.59. The third kappa shape index (κ3) is 8.14. The van der Waals surface area contributed by atoms with E-state index in [0.29, 0.717) is 6.54 Å². The summed E-state index contributed by atoms with van der Waals surface area (Å²) in [4.78, 5) is 11.1. The van der Waals surface area contributed by atoms with Gasteiger partial charge in [-0.1, -0.05) is 13.0 Å². The summed E-state index contributed by atoms with van der Waals surface area (Å²) in [5.74, 6) is -0.1000. The lowest BCUT2D eigenvalue weighted by Gasteiger charge is -2.05. The Morgan fingerprint density at radius 2 is 2.13 bits per heavy atom. The molecule has 0 aromatic carbocycles. The average molecular weight is 234 g/mol. The molecule has 88 valence electrons. The number of hydrogen-bond donors (Lipinski definition) is 2. The number of carbonyl (C=O) groups is 1. The van der Waals surface area contributed by atoms with Crippen LogP contribution in [0.1, 0.15) is 6.92 Å². The lowest BCUT2D eigenvalue weighted by molar-refractivity contribution is -0.120. The Morgan fingerprint density at radius 3 is 2.67 bits per heavy atom. The third-order valence-corrected chi connectivity index (χ3v) is 3.46. The summed E-state index contributed by atoms with van der Waals surface area (Å²) in [6, 6.07) is 0. The minimum absolute atomic E-state index is 0.00328. The molecule has 0 saturated carbocycles. The SMILES string of the molecule is C=CCNCC(=O)NCCS(=O)(=O)CC. The van der Waals surface area contributed by atoms with E-state index in [-0.39, 0.29) is 30.5 Å². The van der Waals surface area contributed by atoms with Gasteiger partial charge in [-0.25, -0.2) is 8.42 Å². The van der Waals surface area contributed by atoms with Crippen LogP contribution in [0.4, 0.5) is 0 Å². The lowest BCUT2D eigenvalue weighted by atomic mass is 10.5. The molecule has 15 heavy (non-hydrogen) atoms. The molecule has 0 aliphatic heterocycles. The molecule has 0 aromatic heterocycles. The highest BCUT2D eigenvalue weighted by molar-refractivity contribution is 7.91. The van der Waals surface area contributed by atoms with E-state index in [1.54, 1.807) is 13.0 Å². The van der Waals surface area contributed by atoms with Gasteiger partial charge >= 0.3 is 0 Å². The standard InChI is InChI=1S/C9H18N2O3S/c1-3-5-10-8-9(12)11-6-7-15(13,14)4-2/h3,10H,1,4-8H2,2H3,(H,11,12). The van der Waals surface area contributed by atoms with Crippen LogP contribution in [0.2, 0.25) is 0 Å². The summed E-state index contributed by atoms with van der Waals surface area (Å²) in [6.07, 6.45) is 1.65. The highest BCUT2D eigenvalue weighted by Gasteiger charge is 2.07. The molecule has 0 heterocycles. The molecule has 0 saturated heterocycles. The molecule has 5 nitrogen and oxygen atoms in total. The summed E-state index contributed by atoms with van der Waals surface area (Å²) < 4.78 is 22.1. The zero-order valence-corrected chi connectivity index (χ0v) is 9.77. The number of carbonyl (C=O) groups excluding carboxylic acids is 1. The van der Waals surface area contributed by atoms with E-state index in [1.807, 2.05) is 0 Å². The molecule has 0 atom stereocenters. The van der Waals surface area contributed by atoms with E-state index in [4.69, 9.17) is 0 Å². The quantitative estimate of drug-likeness (QED) is 0.431. The molecule has 0 rings (SSSR count). The van der Waals surface area contributed by atoms with Gasteiger partial charge < -0.3 is 10.6 Å². The average Bonchev–Trinajstić information content (AvgIpc) is 2.18. The maximum atomic E-state index is 11.1. The third-order valence-electron chi connectivity index (χ3n) is 1.75. The first kappa shape index (κ1) is 14.1. The topological polar surface area (TPSA) is 75.3 Å². The molecule has 0 unspecified atom stereocenters. The molecule has 0 aromatic rings. The number of amides is 1. The molecule has 6 heteroatoms. The van der Waals surface area contributed by atoms with Crippen molar-refractivity contribution in [2.45, 2.75) is 6.92 Å². The van der Waals surface area contributed by atoms with Gasteiger partial charge in [0.15, 0.2) is 9.84 Å². The van der Waals surface area contributed by atoms with Gasteiger partial charge in [0.1, 0.15) is 0 Å².